The smallest absolute Gasteiger partial charge is 0.264 e. The zero-order valence-electron chi connectivity index (χ0n) is 25.0. The number of amides is 1. The summed E-state index contributed by atoms with van der Waals surface area (Å²) in [6.45, 7) is 13.9. The zero-order valence-corrected chi connectivity index (χ0v) is 28.1. The van der Waals surface area contributed by atoms with Gasteiger partial charge in [0, 0.05) is 28.2 Å². The highest BCUT2D eigenvalue weighted by atomic mass is 127. The van der Waals surface area contributed by atoms with E-state index in [4.69, 9.17) is 9.47 Å². The van der Waals surface area contributed by atoms with E-state index in [9.17, 15) is 9.90 Å². The third kappa shape index (κ3) is 5.71. The number of benzene rings is 2. The second-order valence-corrected chi connectivity index (χ2v) is 18.0. The number of anilines is 1. The summed E-state index contributed by atoms with van der Waals surface area (Å²) >= 11 is 2.33. The summed E-state index contributed by atoms with van der Waals surface area (Å²) in [7, 11) is -0.486. The lowest BCUT2D eigenvalue weighted by molar-refractivity contribution is -0.146. The van der Waals surface area contributed by atoms with Gasteiger partial charge in [0.05, 0.1) is 27.0 Å². The lowest BCUT2D eigenvalue weighted by atomic mass is 9.82. The number of allylic oxidation sites excluding steroid dienone is 3. The minimum atomic E-state index is -2.17. The normalized spacial score (nSPS) is 24.5. The molecule has 0 aromatic heterocycles. The van der Waals surface area contributed by atoms with Gasteiger partial charge in [-0.2, -0.15) is 0 Å². The number of halogens is 1. The number of ether oxygens (including phenoxy) is 2. The summed E-state index contributed by atoms with van der Waals surface area (Å²) in [6, 6.07) is 14.7. The van der Waals surface area contributed by atoms with E-state index in [1.54, 1.807) is 7.11 Å². The second kappa shape index (κ2) is 12.5. The van der Waals surface area contributed by atoms with Crippen molar-refractivity contribution in [2.45, 2.75) is 77.3 Å². The largest absolute Gasteiger partial charge is 0.497 e. The van der Waals surface area contributed by atoms with Crippen molar-refractivity contribution in [2.24, 2.45) is 5.92 Å². The number of nitrogens with zero attached hydrogens (tertiary/aromatic N) is 1. The van der Waals surface area contributed by atoms with Gasteiger partial charge >= 0.3 is 0 Å². The van der Waals surface area contributed by atoms with E-state index >= 15 is 0 Å². The lowest BCUT2D eigenvalue weighted by Gasteiger charge is -2.37. The van der Waals surface area contributed by atoms with Crippen molar-refractivity contribution in [1.82, 2.24) is 0 Å². The van der Waals surface area contributed by atoms with Crippen LogP contribution in [-0.4, -0.2) is 45.5 Å². The first kappa shape index (κ1) is 31.0. The fraction of sp³-hybridized carbons (Fsp3) is 0.485. The number of fused-ring (bicyclic) bond motifs is 2. The number of rotatable bonds is 10. The van der Waals surface area contributed by atoms with Crippen LogP contribution in [0.2, 0.25) is 18.6 Å². The van der Waals surface area contributed by atoms with Gasteiger partial charge in [-0.25, -0.2) is 0 Å². The zero-order chi connectivity index (χ0) is 29.2. The molecule has 7 heteroatoms. The number of aliphatic hydroxyl groups excluding tert-OH is 1. The molecule has 5 nitrogen and oxygen atoms in total. The number of hydrogen-bond donors (Lipinski definition) is 1. The number of carbonyl (C=O) groups is 1. The molecule has 4 rings (SSSR count). The van der Waals surface area contributed by atoms with Gasteiger partial charge in [0.2, 0.25) is 0 Å². The van der Waals surface area contributed by atoms with Crippen LogP contribution in [0.1, 0.15) is 52.5 Å². The van der Waals surface area contributed by atoms with E-state index in [0.29, 0.717) is 13.0 Å². The summed E-state index contributed by atoms with van der Waals surface area (Å²) < 4.78 is 13.5. The van der Waals surface area contributed by atoms with Crippen LogP contribution >= 0.6 is 22.6 Å². The van der Waals surface area contributed by atoms with Crippen LogP contribution < -0.4 is 14.8 Å². The average Bonchev–Trinajstić information content (AvgIpc) is 3.33. The molecule has 2 aliphatic rings. The van der Waals surface area contributed by atoms with Crippen LogP contribution in [-0.2, 0) is 15.1 Å². The average molecular weight is 674 g/mol. The van der Waals surface area contributed by atoms with Crippen LogP contribution in [0.15, 0.2) is 65.8 Å². The molecule has 0 bridgehead atoms. The predicted octanol–water partition coefficient (Wildman–Crippen LogP) is 6.94. The molecule has 40 heavy (non-hydrogen) atoms. The molecule has 2 heterocycles. The van der Waals surface area contributed by atoms with Gasteiger partial charge < -0.3 is 19.5 Å². The Hall–Kier alpha value is -1.94. The molecule has 4 atom stereocenters. The highest BCUT2D eigenvalue weighted by molar-refractivity contribution is 14.1. The summed E-state index contributed by atoms with van der Waals surface area (Å²) in [5.41, 5.74) is 3.61. The van der Waals surface area contributed by atoms with Gasteiger partial charge in [-0.3, -0.25) is 4.79 Å². The van der Waals surface area contributed by atoms with Crippen molar-refractivity contribution in [3.63, 3.8) is 0 Å². The minimum absolute atomic E-state index is 0.0234. The van der Waals surface area contributed by atoms with Gasteiger partial charge in [-0.1, -0.05) is 60.6 Å². The molecule has 2 aromatic carbocycles. The molecular formula is C33H44INO4Si. The minimum Gasteiger partial charge on any atom is -0.497 e. The molecule has 2 aliphatic heterocycles. The van der Waals surface area contributed by atoms with Crippen LogP contribution in [0.5, 0.6) is 5.75 Å². The molecule has 0 unspecified atom stereocenters. The van der Waals surface area contributed by atoms with Gasteiger partial charge in [-0.15, -0.1) is 0 Å². The molecular weight excluding hydrogens is 629 g/mol. The van der Waals surface area contributed by atoms with E-state index < -0.39 is 13.7 Å². The first-order valence-electron chi connectivity index (χ1n) is 14.3. The van der Waals surface area contributed by atoms with Crippen LogP contribution in [0.4, 0.5) is 5.69 Å². The van der Waals surface area contributed by atoms with Crippen molar-refractivity contribution in [3.05, 3.63) is 74.9 Å². The molecule has 1 saturated heterocycles. The van der Waals surface area contributed by atoms with Crippen LogP contribution in [0.25, 0.3) is 0 Å². The van der Waals surface area contributed by atoms with E-state index in [1.165, 1.54) is 16.3 Å². The molecule has 0 saturated carbocycles. The first-order valence-corrected chi connectivity index (χ1v) is 18.5. The van der Waals surface area contributed by atoms with Gasteiger partial charge in [-0.05, 0) is 98.5 Å². The lowest BCUT2D eigenvalue weighted by Crippen LogP contribution is -2.51. The maximum absolute atomic E-state index is 14.6. The Balaban J connectivity index is 1.73. The highest BCUT2D eigenvalue weighted by Crippen LogP contribution is 2.60. The van der Waals surface area contributed by atoms with E-state index in [1.807, 2.05) is 17.0 Å². The van der Waals surface area contributed by atoms with E-state index in [0.717, 1.165) is 33.4 Å². The third-order valence-corrected chi connectivity index (χ3v) is 14.0. The quantitative estimate of drug-likeness (QED) is 0.169. The molecule has 1 amide bonds. The number of methoxy groups -OCH3 is 1. The van der Waals surface area contributed by atoms with Crippen LogP contribution in [0, 0.1) is 9.49 Å². The summed E-state index contributed by atoms with van der Waals surface area (Å²) in [6.07, 6.45) is 6.74. The Kier molecular flexibility index (Phi) is 9.70. The molecule has 216 valence electrons. The molecule has 1 N–H and O–H groups in total. The summed E-state index contributed by atoms with van der Waals surface area (Å²) in [4.78, 5) is 16.5. The van der Waals surface area contributed by atoms with Crippen LogP contribution in [0.3, 0.4) is 0 Å². The van der Waals surface area contributed by atoms with Gasteiger partial charge in [0.15, 0.2) is 5.60 Å². The maximum atomic E-state index is 14.6. The Morgan fingerprint density at radius 1 is 1.15 bits per heavy atom. The molecule has 0 aliphatic carbocycles. The summed E-state index contributed by atoms with van der Waals surface area (Å²) in [5, 5.41) is 11.4. The first-order chi connectivity index (χ1) is 19.0. The summed E-state index contributed by atoms with van der Waals surface area (Å²) in [5.74, 6) is 0.808. The monoisotopic (exact) mass is 673 g/mol. The fourth-order valence-electron chi connectivity index (χ4n) is 6.80. The van der Waals surface area contributed by atoms with Gasteiger partial charge in [0.25, 0.3) is 5.91 Å². The predicted molar refractivity (Wildman–Crippen MR) is 175 cm³/mol. The SMILES string of the molecule is COc1ccc([Si](C)(C)[C@H]2[C@H](CCO)O[C@@]3(C(=O)N(C/C=C(\C)CCC=C(C)C)c4ccc(I)cc43)[C@@H]2C)cc1. The van der Waals surface area contributed by atoms with Crippen molar-refractivity contribution < 1.29 is 19.4 Å². The third-order valence-electron chi connectivity index (χ3n) is 8.92. The molecule has 0 radical (unpaired) electrons. The second-order valence-electron chi connectivity index (χ2n) is 12.1. The van der Waals surface area contributed by atoms with Gasteiger partial charge in [0.1, 0.15) is 5.75 Å². The Morgan fingerprint density at radius 2 is 1.85 bits per heavy atom. The van der Waals surface area contributed by atoms with E-state index in [2.05, 4.69) is 106 Å². The Morgan fingerprint density at radius 3 is 2.48 bits per heavy atom. The standard InChI is InChI=1S/C33H44INO4Si/c1-22(2)9-8-10-23(3)17-19-35-29-16-11-25(34)21-28(29)33(32(35)37)24(4)31(30(39-33)18-20-36)40(6,7)27-14-12-26(38-5)13-15-27/h9,11-17,21,24,30-31,36H,8,10,18-20H2,1-7H3/b23-17+/t24-,30+,31-,33+/m1/s1. The Labute approximate surface area is 254 Å². The fourth-order valence-corrected chi connectivity index (χ4v) is 11.4. The van der Waals surface area contributed by atoms with Crippen molar-refractivity contribution in [1.29, 1.82) is 0 Å². The topological polar surface area (TPSA) is 59.0 Å². The van der Waals surface area contributed by atoms with E-state index in [-0.39, 0.29) is 30.1 Å². The number of aliphatic hydroxyl groups is 1. The van der Waals surface area contributed by atoms with Crippen molar-refractivity contribution in [2.75, 3.05) is 25.2 Å². The molecule has 1 fully saturated rings. The molecule has 1 spiro atoms. The Bertz CT molecular complexity index is 1280. The number of carbonyl (C=O) groups excluding carboxylic acids is 1. The highest BCUT2D eigenvalue weighted by Gasteiger charge is 2.66. The molecule has 2 aromatic rings. The maximum Gasteiger partial charge on any atom is 0.264 e. The van der Waals surface area contributed by atoms with Crippen molar-refractivity contribution >= 4 is 47.4 Å². The number of hydrogen-bond acceptors (Lipinski definition) is 4. The van der Waals surface area contributed by atoms with Crippen molar-refractivity contribution in [3.8, 4) is 5.75 Å².